The second-order valence-electron chi connectivity index (χ2n) is 4.17. The molecule has 1 aromatic carbocycles. The Balaban J connectivity index is 2.75. The SMILES string of the molecule is CN(C)c1ccc(C(O)C(O)CC(N)=O)cc1. The van der Waals surface area contributed by atoms with Gasteiger partial charge < -0.3 is 20.8 Å². The van der Waals surface area contributed by atoms with Crippen LogP contribution in [0.25, 0.3) is 0 Å². The van der Waals surface area contributed by atoms with Gasteiger partial charge in [-0.25, -0.2) is 0 Å². The Hall–Kier alpha value is -1.59. The van der Waals surface area contributed by atoms with Crippen molar-refractivity contribution in [2.75, 3.05) is 19.0 Å². The summed E-state index contributed by atoms with van der Waals surface area (Å²) in [5.41, 5.74) is 6.51. The minimum absolute atomic E-state index is 0.253. The van der Waals surface area contributed by atoms with E-state index in [1.165, 1.54) is 0 Å². The molecule has 0 heterocycles. The highest BCUT2D eigenvalue weighted by Gasteiger charge is 2.20. The lowest BCUT2D eigenvalue weighted by molar-refractivity contribution is -0.121. The Morgan fingerprint density at radius 2 is 1.82 bits per heavy atom. The van der Waals surface area contributed by atoms with Crippen LogP contribution < -0.4 is 10.6 Å². The summed E-state index contributed by atoms with van der Waals surface area (Å²) in [4.78, 5) is 12.6. The molecule has 0 aliphatic heterocycles. The van der Waals surface area contributed by atoms with Crippen LogP contribution in [0, 0.1) is 0 Å². The van der Waals surface area contributed by atoms with E-state index in [0.29, 0.717) is 5.56 Å². The van der Waals surface area contributed by atoms with Gasteiger partial charge in [0.05, 0.1) is 12.5 Å². The quantitative estimate of drug-likeness (QED) is 0.675. The lowest BCUT2D eigenvalue weighted by atomic mass is 10.0. The Morgan fingerprint density at radius 3 is 2.24 bits per heavy atom. The number of primary amides is 1. The van der Waals surface area contributed by atoms with Crippen molar-refractivity contribution >= 4 is 11.6 Å². The van der Waals surface area contributed by atoms with Gasteiger partial charge in [0, 0.05) is 19.8 Å². The van der Waals surface area contributed by atoms with Crippen molar-refractivity contribution in [3.63, 3.8) is 0 Å². The van der Waals surface area contributed by atoms with Crippen LogP contribution in [0.5, 0.6) is 0 Å². The zero-order valence-electron chi connectivity index (χ0n) is 10.00. The molecule has 0 saturated heterocycles. The van der Waals surface area contributed by atoms with E-state index in [1.807, 2.05) is 31.1 Å². The summed E-state index contributed by atoms with van der Waals surface area (Å²) in [6.07, 6.45) is -2.52. The van der Waals surface area contributed by atoms with Crippen LogP contribution in [0.4, 0.5) is 5.69 Å². The van der Waals surface area contributed by atoms with E-state index in [4.69, 9.17) is 5.73 Å². The van der Waals surface area contributed by atoms with Gasteiger partial charge in [0.1, 0.15) is 6.10 Å². The number of rotatable bonds is 5. The first-order valence-electron chi connectivity index (χ1n) is 5.33. The highest BCUT2D eigenvalue weighted by molar-refractivity contribution is 5.74. The van der Waals surface area contributed by atoms with Crippen LogP contribution in [0.1, 0.15) is 18.1 Å². The van der Waals surface area contributed by atoms with Crippen molar-refractivity contribution in [3.05, 3.63) is 29.8 Å². The minimum atomic E-state index is -1.17. The van der Waals surface area contributed by atoms with E-state index in [2.05, 4.69) is 0 Å². The molecule has 0 radical (unpaired) electrons. The predicted octanol–water partition coefficient (Wildman–Crippen LogP) is 0.0223. The summed E-state index contributed by atoms with van der Waals surface area (Å²) in [6.45, 7) is 0. The number of aliphatic hydroxyl groups is 2. The molecule has 17 heavy (non-hydrogen) atoms. The number of benzene rings is 1. The molecule has 94 valence electrons. The normalized spacial score (nSPS) is 14.1. The highest BCUT2D eigenvalue weighted by Crippen LogP contribution is 2.21. The van der Waals surface area contributed by atoms with Crippen LogP contribution in [0.2, 0.25) is 0 Å². The third-order valence-corrected chi connectivity index (χ3v) is 2.53. The number of carbonyl (C=O) groups is 1. The van der Waals surface area contributed by atoms with Crippen molar-refractivity contribution in [1.29, 1.82) is 0 Å². The topological polar surface area (TPSA) is 86.8 Å². The van der Waals surface area contributed by atoms with Crippen LogP contribution in [-0.4, -0.2) is 36.3 Å². The number of nitrogens with two attached hydrogens (primary N) is 1. The van der Waals surface area contributed by atoms with Crippen molar-refractivity contribution in [2.45, 2.75) is 18.6 Å². The number of hydrogen-bond donors (Lipinski definition) is 3. The number of carbonyl (C=O) groups excluding carboxylic acids is 1. The zero-order valence-corrected chi connectivity index (χ0v) is 10.00. The maximum atomic E-state index is 10.6. The van der Waals surface area contributed by atoms with Gasteiger partial charge in [-0.15, -0.1) is 0 Å². The fraction of sp³-hybridized carbons (Fsp3) is 0.417. The van der Waals surface area contributed by atoms with Crippen LogP contribution in [0.15, 0.2) is 24.3 Å². The summed E-state index contributed by atoms with van der Waals surface area (Å²) in [6, 6.07) is 7.08. The highest BCUT2D eigenvalue weighted by atomic mass is 16.3. The number of aliphatic hydroxyl groups excluding tert-OH is 2. The molecule has 0 aromatic heterocycles. The number of nitrogens with zero attached hydrogens (tertiary/aromatic N) is 1. The van der Waals surface area contributed by atoms with Gasteiger partial charge in [-0.05, 0) is 17.7 Å². The summed E-state index contributed by atoms with van der Waals surface area (Å²) in [5.74, 6) is -0.638. The number of anilines is 1. The molecule has 1 rings (SSSR count). The molecule has 0 aliphatic carbocycles. The molecule has 2 atom stereocenters. The van der Waals surface area contributed by atoms with E-state index in [9.17, 15) is 15.0 Å². The van der Waals surface area contributed by atoms with Gasteiger partial charge in [-0.3, -0.25) is 4.79 Å². The lowest BCUT2D eigenvalue weighted by Gasteiger charge is -2.18. The summed E-state index contributed by atoms with van der Waals surface area (Å²) >= 11 is 0. The van der Waals surface area contributed by atoms with E-state index in [1.54, 1.807) is 12.1 Å². The Bertz CT molecular complexity index is 376. The molecule has 1 aromatic rings. The standard InChI is InChI=1S/C12H18N2O3/c1-14(2)9-5-3-8(4-6-9)12(17)10(15)7-11(13)16/h3-6,10,12,15,17H,7H2,1-2H3,(H2,13,16). The molecular formula is C12H18N2O3. The van der Waals surface area contributed by atoms with Crippen LogP contribution >= 0.6 is 0 Å². The van der Waals surface area contributed by atoms with Gasteiger partial charge in [-0.2, -0.15) is 0 Å². The Morgan fingerprint density at radius 1 is 1.29 bits per heavy atom. The van der Waals surface area contributed by atoms with Gasteiger partial charge in [0.25, 0.3) is 0 Å². The van der Waals surface area contributed by atoms with Crippen molar-refractivity contribution in [3.8, 4) is 0 Å². The maximum Gasteiger partial charge on any atom is 0.220 e. The first-order chi connectivity index (χ1) is 7.91. The van der Waals surface area contributed by atoms with E-state index in [0.717, 1.165) is 5.69 Å². The molecular weight excluding hydrogens is 220 g/mol. The van der Waals surface area contributed by atoms with Gasteiger partial charge in [-0.1, -0.05) is 12.1 Å². The van der Waals surface area contributed by atoms with Gasteiger partial charge in [0.2, 0.25) is 5.91 Å². The smallest absolute Gasteiger partial charge is 0.220 e. The van der Waals surface area contributed by atoms with Crippen molar-refractivity contribution in [1.82, 2.24) is 0 Å². The summed E-state index contributed by atoms with van der Waals surface area (Å²) < 4.78 is 0. The summed E-state index contributed by atoms with van der Waals surface area (Å²) in [7, 11) is 3.82. The molecule has 2 unspecified atom stereocenters. The molecule has 5 heteroatoms. The minimum Gasteiger partial charge on any atom is -0.390 e. The fourth-order valence-electron chi connectivity index (χ4n) is 1.51. The average molecular weight is 238 g/mol. The second-order valence-corrected chi connectivity index (χ2v) is 4.17. The number of hydrogen-bond acceptors (Lipinski definition) is 4. The molecule has 0 spiro atoms. The maximum absolute atomic E-state index is 10.6. The first-order valence-corrected chi connectivity index (χ1v) is 5.33. The third-order valence-electron chi connectivity index (χ3n) is 2.53. The molecule has 0 fully saturated rings. The monoisotopic (exact) mass is 238 g/mol. The van der Waals surface area contributed by atoms with Gasteiger partial charge in [0.15, 0.2) is 0 Å². The molecule has 0 saturated carbocycles. The summed E-state index contributed by atoms with van der Waals surface area (Å²) in [5, 5.41) is 19.4. The molecule has 4 N–H and O–H groups in total. The Labute approximate surface area is 100 Å². The van der Waals surface area contributed by atoms with E-state index in [-0.39, 0.29) is 6.42 Å². The van der Waals surface area contributed by atoms with Crippen LogP contribution in [0.3, 0.4) is 0 Å². The fourth-order valence-corrected chi connectivity index (χ4v) is 1.51. The Kier molecular flexibility index (Phi) is 4.48. The van der Waals surface area contributed by atoms with Crippen molar-refractivity contribution in [2.24, 2.45) is 5.73 Å². The van der Waals surface area contributed by atoms with Crippen LogP contribution in [-0.2, 0) is 4.79 Å². The second kappa shape index (κ2) is 5.65. The zero-order chi connectivity index (χ0) is 13.0. The van der Waals surface area contributed by atoms with Crippen molar-refractivity contribution < 1.29 is 15.0 Å². The average Bonchev–Trinajstić information content (AvgIpc) is 2.27. The van der Waals surface area contributed by atoms with E-state index >= 15 is 0 Å². The van der Waals surface area contributed by atoms with E-state index < -0.39 is 18.1 Å². The molecule has 1 amide bonds. The predicted molar refractivity (Wildman–Crippen MR) is 65.5 cm³/mol. The molecule has 0 aliphatic rings. The van der Waals surface area contributed by atoms with Gasteiger partial charge >= 0.3 is 0 Å². The first kappa shape index (κ1) is 13.5. The molecule has 0 bridgehead atoms. The largest absolute Gasteiger partial charge is 0.390 e. The third kappa shape index (κ3) is 3.72. The lowest BCUT2D eigenvalue weighted by Crippen LogP contribution is -2.25. The number of amides is 1. The molecule has 5 nitrogen and oxygen atoms in total.